The van der Waals surface area contributed by atoms with Gasteiger partial charge < -0.3 is 5.32 Å². The van der Waals surface area contributed by atoms with Crippen molar-refractivity contribution in [1.82, 2.24) is 5.32 Å². The highest BCUT2D eigenvalue weighted by atomic mass is 19.1. The molecule has 0 saturated heterocycles. The van der Waals surface area contributed by atoms with E-state index in [-0.39, 0.29) is 17.8 Å². The van der Waals surface area contributed by atoms with Crippen LogP contribution in [0.5, 0.6) is 0 Å². The van der Waals surface area contributed by atoms with E-state index in [1.54, 1.807) is 25.1 Å². The lowest BCUT2D eigenvalue weighted by atomic mass is 10.1. The molecule has 0 radical (unpaired) electrons. The summed E-state index contributed by atoms with van der Waals surface area (Å²) in [6.45, 7) is 1.78. The zero-order chi connectivity index (χ0) is 13.7. The van der Waals surface area contributed by atoms with Crippen molar-refractivity contribution in [2.45, 2.75) is 19.4 Å². The van der Waals surface area contributed by atoms with Crippen LogP contribution in [0.1, 0.15) is 24.1 Å². The normalized spacial score (nSPS) is 11.9. The van der Waals surface area contributed by atoms with E-state index in [0.717, 1.165) is 5.56 Å². The quantitative estimate of drug-likeness (QED) is 0.895. The average molecular weight is 257 g/mol. The van der Waals surface area contributed by atoms with E-state index in [9.17, 15) is 9.18 Å². The van der Waals surface area contributed by atoms with E-state index in [4.69, 9.17) is 0 Å². The summed E-state index contributed by atoms with van der Waals surface area (Å²) < 4.78 is 13.6. The van der Waals surface area contributed by atoms with Crippen LogP contribution in [0.4, 0.5) is 4.39 Å². The number of carbonyl (C=O) groups is 1. The van der Waals surface area contributed by atoms with Crippen LogP contribution < -0.4 is 5.32 Å². The molecule has 0 bridgehead atoms. The SMILES string of the molecule is CC(NC(=O)Cc1ccccc1)c1ccccc1F. The monoisotopic (exact) mass is 257 g/mol. The molecule has 0 aliphatic rings. The summed E-state index contributed by atoms with van der Waals surface area (Å²) in [4.78, 5) is 11.9. The molecule has 98 valence electrons. The molecule has 0 fully saturated rings. The van der Waals surface area contributed by atoms with E-state index in [2.05, 4.69) is 5.32 Å². The first-order valence-electron chi connectivity index (χ1n) is 6.24. The Morgan fingerprint density at radius 1 is 1.11 bits per heavy atom. The molecule has 1 N–H and O–H groups in total. The fourth-order valence-corrected chi connectivity index (χ4v) is 1.98. The molecular formula is C16H16FNO. The van der Waals surface area contributed by atoms with Gasteiger partial charge in [-0.3, -0.25) is 4.79 Å². The van der Waals surface area contributed by atoms with Gasteiger partial charge in [0.1, 0.15) is 5.82 Å². The number of hydrogen-bond donors (Lipinski definition) is 1. The summed E-state index contributed by atoms with van der Waals surface area (Å²) in [6.07, 6.45) is 0.305. The second kappa shape index (κ2) is 6.14. The Hall–Kier alpha value is -2.16. The largest absolute Gasteiger partial charge is 0.349 e. The van der Waals surface area contributed by atoms with Gasteiger partial charge >= 0.3 is 0 Å². The molecule has 0 heterocycles. The van der Waals surface area contributed by atoms with E-state index in [1.807, 2.05) is 30.3 Å². The Labute approximate surface area is 112 Å². The van der Waals surface area contributed by atoms with Crippen molar-refractivity contribution in [2.75, 3.05) is 0 Å². The Balaban J connectivity index is 1.98. The maximum absolute atomic E-state index is 13.6. The molecular weight excluding hydrogens is 241 g/mol. The lowest BCUT2D eigenvalue weighted by molar-refractivity contribution is -0.121. The van der Waals surface area contributed by atoms with Gasteiger partial charge in [0, 0.05) is 5.56 Å². The van der Waals surface area contributed by atoms with Gasteiger partial charge in [0.25, 0.3) is 0 Å². The van der Waals surface area contributed by atoms with E-state index < -0.39 is 0 Å². The van der Waals surface area contributed by atoms with Crippen LogP contribution in [0, 0.1) is 5.82 Å². The number of nitrogens with one attached hydrogen (secondary N) is 1. The predicted molar refractivity (Wildman–Crippen MR) is 73.1 cm³/mol. The van der Waals surface area contributed by atoms with Crippen molar-refractivity contribution in [2.24, 2.45) is 0 Å². The summed E-state index contributed by atoms with van der Waals surface area (Å²) >= 11 is 0. The summed E-state index contributed by atoms with van der Waals surface area (Å²) in [5.41, 5.74) is 1.45. The number of rotatable bonds is 4. The second-order valence-electron chi connectivity index (χ2n) is 4.47. The molecule has 2 aromatic rings. The smallest absolute Gasteiger partial charge is 0.224 e. The molecule has 2 aromatic carbocycles. The highest BCUT2D eigenvalue weighted by molar-refractivity contribution is 5.78. The first-order valence-corrected chi connectivity index (χ1v) is 6.24. The molecule has 2 rings (SSSR count). The Morgan fingerprint density at radius 3 is 2.42 bits per heavy atom. The predicted octanol–water partition coefficient (Wildman–Crippen LogP) is 3.25. The standard InChI is InChI=1S/C16H16FNO/c1-12(14-9-5-6-10-15(14)17)18-16(19)11-13-7-3-2-4-8-13/h2-10,12H,11H2,1H3,(H,18,19). The van der Waals surface area contributed by atoms with Crippen molar-refractivity contribution < 1.29 is 9.18 Å². The highest BCUT2D eigenvalue weighted by Gasteiger charge is 2.13. The number of carbonyl (C=O) groups excluding carboxylic acids is 1. The number of halogens is 1. The maximum Gasteiger partial charge on any atom is 0.224 e. The lowest BCUT2D eigenvalue weighted by Crippen LogP contribution is -2.28. The van der Waals surface area contributed by atoms with Crippen LogP contribution in [0.3, 0.4) is 0 Å². The van der Waals surface area contributed by atoms with E-state index in [0.29, 0.717) is 12.0 Å². The molecule has 2 nitrogen and oxygen atoms in total. The first kappa shape index (κ1) is 13.3. The van der Waals surface area contributed by atoms with Gasteiger partial charge in [-0.15, -0.1) is 0 Å². The molecule has 0 saturated carbocycles. The third-order valence-corrected chi connectivity index (χ3v) is 2.96. The van der Waals surface area contributed by atoms with Gasteiger partial charge in [-0.2, -0.15) is 0 Å². The van der Waals surface area contributed by atoms with Gasteiger partial charge in [-0.05, 0) is 18.6 Å². The van der Waals surface area contributed by atoms with Crippen LogP contribution in [-0.2, 0) is 11.2 Å². The van der Waals surface area contributed by atoms with Crippen LogP contribution >= 0.6 is 0 Å². The molecule has 0 aliphatic heterocycles. The minimum absolute atomic E-state index is 0.109. The topological polar surface area (TPSA) is 29.1 Å². The summed E-state index contributed by atoms with van der Waals surface area (Å²) in [5.74, 6) is -0.406. The van der Waals surface area contributed by atoms with Crippen molar-refractivity contribution in [3.8, 4) is 0 Å². The average Bonchev–Trinajstić information content (AvgIpc) is 2.40. The fraction of sp³-hybridized carbons (Fsp3) is 0.188. The Morgan fingerprint density at radius 2 is 1.74 bits per heavy atom. The van der Waals surface area contributed by atoms with E-state index in [1.165, 1.54) is 6.07 Å². The fourth-order valence-electron chi connectivity index (χ4n) is 1.98. The first-order chi connectivity index (χ1) is 9.16. The van der Waals surface area contributed by atoms with Crippen LogP contribution in [0.25, 0.3) is 0 Å². The number of benzene rings is 2. The Kier molecular flexibility index (Phi) is 4.29. The summed E-state index contributed by atoms with van der Waals surface area (Å²) in [7, 11) is 0. The van der Waals surface area contributed by atoms with E-state index >= 15 is 0 Å². The van der Waals surface area contributed by atoms with Gasteiger partial charge in [0.15, 0.2) is 0 Å². The number of amides is 1. The van der Waals surface area contributed by atoms with Gasteiger partial charge in [0.05, 0.1) is 12.5 Å². The molecule has 1 amide bonds. The van der Waals surface area contributed by atoms with Crippen LogP contribution in [0.15, 0.2) is 54.6 Å². The summed E-state index contributed by atoms with van der Waals surface area (Å²) in [6, 6.07) is 15.6. The van der Waals surface area contributed by atoms with Gasteiger partial charge in [-0.25, -0.2) is 4.39 Å². The zero-order valence-electron chi connectivity index (χ0n) is 10.8. The molecule has 3 heteroatoms. The van der Waals surface area contributed by atoms with Crippen molar-refractivity contribution in [3.05, 3.63) is 71.5 Å². The third-order valence-electron chi connectivity index (χ3n) is 2.96. The summed E-state index contributed by atoms with van der Waals surface area (Å²) in [5, 5.41) is 2.81. The lowest BCUT2D eigenvalue weighted by Gasteiger charge is -2.15. The minimum atomic E-state index is -0.336. The van der Waals surface area contributed by atoms with Gasteiger partial charge in [0.2, 0.25) is 5.91 Å². The molecule has 0 aromatic heterocycles. The molecule has 0 spiro atoms. The van der Waals surface area contributed by atoms with Crippen LogP contribution in [0.2, 0.25) is 0 Å². The zero-order valence-corrected chi connectivity index (χ0v) is 10.8. The van der Waals surface area contributed by atoms with Crippen LogP contribution in [-0.4, -0.2) is 5.91 Å². The molecule has 1 atom stereocenters. The minimum Gasteiger partial charge on any atom is -0.349 e. The maximum atomic E-state index is 13.6. The van der Waals surface area contributed by atoms with Crippen molar-refractivity contribution >= 4 is 5.91 Å². The molecule has 19 heavy (non-hydrogen) atoms. The molecule has 0 aliphatic carbocycles. The Bertz CT molecular complexity index is 554. The third kappa shape index (κ3) is 3.65. The van der Waals surface area contributed by atoms with Gasteiger partial charge in [-0.1, -0.05) is 48.5 Å². The number of hydrogen-bond acceptors (Lipinski definition) is 1. The highest BCUT2D eigenvalue weighted by Crippen LogP contribution is 2.16. The molecule has 1 unspecified atom stereocenters. The second-order valence-corrected chi connectivity index (χ2v) is 4.47. The van der Waals surface area contributed by atoms with Crippen molar-refractivity contribution in [3.63, 3.8) is 0 Å². The van der Waals surface area contributed by atoms with Crippen molar-refractivity contribution in [1.29, 1.82) is 0 Å².